The molecule has 0 fully saturated rings. The molecule has 1 heterocycles. The van der Waals surface area contributed by atoms with Crippen LogP contribution in [0.2, 0.25) is 0 Å². The van der Waals surface area contributed by atoms with Crippen LogP contribution >= 0.6 is 11.5 Å². The van der Waals surface area contributed by atoms with Crippen LogP contribution in [0.3, 0.4) is 0 Å². The number of anilines is 1. The molecule has 0 unspecified atom stereocenters. The minimum Gasteiger partial charge on any atom is -0.320 e. The first-order valence-electron chi connectivity index (χ1n) is 6.48. The summed E-state index contributed by atoms with van der Waals surface area (Å²) in [5.74, 6) is -0.281. The molecular weight excluding hydrogens is 284 g/mol. The van der Waals surface area contributed by atoms with E-state index in [9.17, 15) is 10.1 Å². The number of benzene rings is 1. The zero-order valence-corrected chi connectivity index (χ0v) is 13.2. The third kappa shape index (κ3) is 3.09. The Bertz CT molecular complexity index is 722. The topological polar surface area (TPSA) is 78.7 Å². The van der Waals surface area contributed by atoms with Crippen molar-refractivity contribution >= 4 is 23.1 Å². The number of hydrogen-bond acceptors (Lipinski definition) is 5. The maximum atomic E-state index is 12.4. The van der Waals surface area contributed by atoms with Gasteiger partial charge in [-0.05, 0) is 30.1 Å². The van der Waals surface area contributed by atoms with Gasteiger partial charge in [0.2, 0.25) is 0 Å². The van der Waals surface area contributed by atoms with Crippen LogP contribution in [0, 0.1) is 18.3 Å². The Morgan fingerprint density at radius 3 is 2.71 bits per heavy atom. The minimum atomic E-state index is -0.281. The van der Waals surface area contributed by atoms with Gasteiger partial charge in [0, 0.05) is 5.41 Å². The fourth-order valence-electron chi connectivity index (χ4n) is 1.93. The van der Waals surface area contributed by atoms with Crippen LogP contribution in [0.15, 0.2) is 18.2 Å². The van der Waals surface area contributed by atoms with Crippen molar-refractivity contribution in [3.8, 4) is 6.07 Å². The Morgan fingerprint density at radius 1 is 1.38 bits per heavy atom. The standard InChI is InChI=1S/C15H16N4OS/c1-9-6-5-7-11(10(9)8-16)17-14(20)12-13(15(2,3)4)18-19-21-12/h5-7H,1-4H3,(H,17,20). The smallest absolute Gasteiger partial charge is 0.269 e. The Labute approximate surface area is 127 Å². The highest BCUT2D eigenvalue weighted by Gasteiger charge is 2.26. The van der Waals surface area contributed by atoms with E-state index in [4.69, 9.17) is 0 Å². The van der Waals surface area contributed by atoms with E-state index in [2.05, 4.69) is 21.0 Å². The number of nitrogens with zero attached hydrogens (tertiary/aromatic N) is 3. The van der Waals surface area contributed by atoms with E-state index in [1.54, 1.807) is 12.1 Å². The van der Waals surface area contributed by atoms with Crippen molar-refractivity contribution in [3.05, 3.63) is 39.9 Å². The second-order valence-corrected chi connectivity index (χ2v) is 6.52. The van der Waals surface area contributed by atoms with Crippen LogP contribution in [0.4, 0.5) is 5.69 Å². The van der Waals surface area contributed by atoms with Gasteiger partial charge in [0.15, 0.2) is 0 Å². The van der Waals surface area contributed by atoms with E-state index in [0.29, 0.717) is 21.8 Å². The summed E-state index contributed by atoms with van der Waals surface area (Å²) in [5.41, 5.74) is 2.21. The molecule has 108 valence electrons. The van der Waals surface area contributed by atoms with Gasteiger partial charge < -0.3 is 5.32 Å². The predicted octanol–water partition coefficient (Wildman–Crippen LogP) is 3.27. The Balaban J connectivity index is 2.35. The molecular formula is C15H16N4OS. The van der Waals surface area contributed by atoms with Crippen molar-refractivity contribution < 1.29 is 4.79 Å². The highest BCUT2D eigenvalue weighted by molar-refractivity contribution is 7.08. The number of amides is 1. The summed E-state index contributed by atoms with van der Waals surface area (Å²) in [7, 11) is 0. The summed E-state index contributed by atoms with van der Waals surface area (Å²) in [6, 6.07) is 7.48. The number of hydrogen-bond donors (Lipinski definition) is 1. The summed E-state index contributed by atoms with van der Waals surface area (Å²) in [5, 5.41) is 16.0. The first-order valence-corrected chi connectivity index (χ1v) is 7.26. The van der Waals surface area contributed by atoms with Gasteiger partial charge in [-0.15, -0.1) is 5.10 Å². The summed E-state index contributed by atoms with van der Waals surface area (Å²) in [6.45, 7) is 7.78. The maximum Gasteiger partial charge on any atom is 0.269 e. The van der Waals surface area contributed by atoms with E-state index in [0.717, 1.165) is 17.1 Å². The molecule has 0 bridgehead atoms. The van der Waals surface area contributed by atoms with Gasteiger partial charge >= 0.3 is 0 Å². The van der Waals surface area contributed by atoms with E-state index in [1.807, 2.05) is 33.8 Å². The number of nitrogens with one attached hydrogen (secondary N) is 1. The van der Waals surface area contributed by atoms with Gasteiger partial charge in [-0.25, -0.2) is 0 Å². The van der Waals surface area contributed by atoms with Crippen LogP contribution in [0.5, 0.6) is 0 Å². The SMILES string of the molecule is Cc1cccc(NC(=O)c2snnc2C(C)(C)C)c1C#N. The third-order valence-corrected chi connectivity index (χ3v) is 3.76. The lowest BCUT2D eigenvalue weighted by Crippen LogP contribution is -2.20. The lowest BCUT2D eigenvalue weighted by molar-refractivity contribution is 0.102. The number of carbonyl (C=O) groups is 1. The molecule has 1 amide bonds. The molecule has 2 rings (SSSR count). The highest BCUT2D eigenvalue weighted by Crippen LogP contribution is 2.27. The molecule has 2 aromatic rings. The van der Waals surface area contributed by atoms with Crippen molar-refractivity contribution in [3.63, 3.8) is 0 Å². The minimum absolute atomic E-state index is 0.260. The van der Waals surface area contributed by atoms with E-state index in [-0.39, 0.29) is 11.3 Å². The number of carbonyl (C=O) groups excluding carboxylic acids is 1. The van der Waals surface area contributed by atoms with Gasteiger partial charge in [0.25, 0.3) is 5.91 Å². The average Bonchev–Trinajstić information content (AvgIpc) is 2.88. The lowest BCUT2D eigenvalue weighted by atomic mass is 9.91. The Kier molecular flexibility index (Phi) is 4.05. The first kappa shape index (κ1) is 15.1. The van der Waals surface area contributed by atoms with Crippen LogP contribution in [-0.4, -0.2) is 15.5 Å². The van der Waals surface area contributed by atoms with Gasteiger partial charge in [0.1, 0.15) is 10.9 Å². The molecule has 21 heavy (non-hydrogen) atoms. The Morgan fingerprint density at radius 2 is 2.10 bits per heavy atom. The fraction of sp³-hybridized carbons (Fsp3) is 0.333. The second-order valence-electron chi connectivity index (χ2n) is 5.76. The number of aromatic nitrogens is 2. The molecule has 0 aliphatic carbocycles. The molecule has 1 N–H and O–H groups in total. The van der Waals surface area contributed by atoms with Gasteiger partial charge in [-0.3, -0.25) is 4.79 Å². The lowest BCUT2D eigenvalue weighted by Gasteiger charge is -2.16. The normalized spacial score (nSPS) is 11.0. The van der Waals surface area contributed by atoms with E-state index >= 15 is 0 Å². The highest BCUT2D eigenvalue weighted by atomic mass is 32.1. The van der Waals surface area contributed by atoms with Gasteiger partial charge in [-0.2, -0.15) is 5.26 Å². The molecule has 0 aliphatic heterocycles. The zero-order valence-electron chi connectivity index (χ0n) is 12.4. The van der Waals surface area contributed by atoms with Gasteiger partial charge in [-0.1, -0.05) is 37.4 Å². The molecule has 0 atom stereocenters. The van der Waals surface area contributed by atoms with Crippen molar-refractivity contribution in [2.24, 2.45) is 0 Å². The summed E-state index contributed by atoms with van der Waals surface area (Å²) >= 11 is 1.07. The number of nitriles is 1. The summed E-state index contributed by atoms with van der Waals surface area (Å²) < 4.78 is 3.88. The zero-order chi connectivity index (χ0) is 15.6. The first-order chi connectivity index (χ1) is 9.84. The van der Waals surface area contributed by atoms with Crippen LogP contribution in [0.25, 0.3) is 0 Å². The van der Waals surface area contributed by atoms with Crippen molar-refractivity contribution in [2.45, 2.75) is 33.1 Å². The van der Waals surface area contributed by atoms with E-state index < -0.39 is 0 Å². The molecule has 0 aliphatic rings. The van der Waals surface area contributed by atoms with Crippen molar-refractivity contribution in [1.82, 2.24) is 9.59 Å². The molecule has 1 aromatic carbocycles. The maximum absolute atomic E-state index is 12.4. The number of aryl methyl sites for hydroxylation is 1. The van der Waals surface area contributed by atoms with Crippen LogP contribution in [0.1, 0.15) is 47.3 Å². The summed E-state index contributed by atoms with van der Waals surface area (Å²) in [4.78, 5) is 12.9. The Hall–Kier alpha value is -2.26. The van der Waals surface area contributed by atoms with Gasteiger partial charge in [0.05, 0.1) is 16.9 Å². The quantitative estimate of drug-likeness (QED) is 0.923. The monoisotopic (exact) mass is 300 g/mol. The van der Waals surface area contributed by atoms with Crippen LogP contribution < -0.4 is 5.32 Å². The number of rotatable bonds is 2. The molecule has 1 aromatic heterocycles. The fourth-order valence-corrected chi connectivity index (χ4v) is 2.70. The summed E-state index contributed by atoms with van der Waals surface area (Å²) in [6.07, 6.45) is 0. The molecule has 5 nitrogen and oxygen atoms in total. The predicted molar refractivity (Wildman–Crippen MR) is 82.5 cm³/mol. The van der Waals surface area contributed by atoms with Crippen LogP contribution in [-0.2, 0) is 5.41 Å². The molecule has 0 spiro atoms. The molecule has 0 saturated heterocycles. The average molecular weight is 300 g/mol. The van der Waals surface area contributed by atoms with Crippen molar-refractivity contribution in [2.75, 3.05) is 5.32 Å². The third-order valence-electron chi connectivity index (χ3n) is 3.04. The molecule has 6 heteroatoms. The van der Waals surface area contributed by atoms with E-state index in [1.165, 1.54) is 0 Å². The molecule has 0 saturated carbocycles. The second kappa shape index (κ2) is 5.62. The van der Waals surface area contributed by atoms with Crippen molar-refractivity contribution in [1.29, 1.82) is 5.26 Å². The largest absolute Gasteiger partial charge is 0.320 e. The molecule has 0 radical (unpaired) electrons.